The Hall–Kier alpha value is -3.86. The summed E-state index contributed by atoms with van der Waals surface area (Å²) in [5.74, 6) is -0.583. The number of fused-ring (bicyclic) bond motifs is 2. The Bertz CT molecular complexity index is 1240. The minimum absolute atomic E-state index is 0.0888. The van der Waals surface area contributed by atoms with E-state index in [-0.39, 0.29) is 18.4 Å². The number of carbonyl (C=O) groups excluding carboxylic acids is 3. The molecule has 5 rings (SSSR count). The highest BCUT2D eigenvalue weighted by atomic mass is 16.6. The Morgan fingerprint density at radius 1 is 1.15 bits per heavy atom. The molecule has 2 amide bonds. The second-order valence-electron chi connectivity index (χ2n) is 8.18. The number of hydrogen-bond acceptors (Lipinski definition) is 9. The van der Waals surface area contributed by atoms with Gasteiger partial charge in [0.05, 0.1) is 23.5 Å². The van der Waals surface area contributed by atoms with E-state index in [2.05, 4.69) is 15.0 Å². The predicted molar refractivity (Wildman–Crippen MR) is 116 cm³/mol. The van der Waals surface area contributed by atoms with Crippen molar-refractivity contribution in [1.82, 2.24) is 24.4 Å². The molecule has 1 aromatic carbocycles. The third-order valence-electron chi connectivity index (χ3n) is 5.89. The van der Waals surface area contributed by atoms with E-state index < -0.39 is 24.3 Å². The van der Waals surface area contributed by atoms with Gasteiger partial charge in [-0.3, -0.25) is 23.9 Å². The normalized spacial score (nSPS) is 22.2. The molecule has 0 radical (unpaired) electrons. The van der Waals surface area contributed by atoms with Crippen LogP contribution >= 0.6 is 0 Å². The van der Waals surface area contributed by atoms with Crippen LogP contribution in [-0.4, -0.2) is 75.1 Å². The summed E-state index contributed by atoms with van der Waals surface area (Å²) in [5.41, 5.74) is 1.88. The van der Waals surface area contributed by atoms with Crippen molar-refractivity contribution in [3.63, 3.8) is 0 Å². The average molecular weight is 450 g/mol. The summed E-state index contributed by atoms with van der Waals surface area (Å²) >= 11 is 0. The van der Waals surface area contributed by atoms with Crippen LogP contribution in [0.3, 0.4) is 0 Å². The Morgan fingerprint density at radius 3 is 2.48 bits per heavy atom. The van der Waals surface area contributed by atoms with Gasteiger partial charge in [-0.1, -0.05) is 12.1 Å². The number of amides is 2. The zero-order chi connectivity index (χ0) is 23.3. The van der Waals surface area contributed by atoms with Crippen LogP contribution < -0.4 is 4.90 Å². The topological polar surface area (TPSA) is 120 Å². The number of nitrogens with zero attached hydrogens (tertiary/aromatic N) is 6. The molecule has 33 heavy (non-hydrogen) atoms. The molecule has 11 heteroatoms. The van der Waals surface area contributed by atoms with Gasteiger partial charge in [-0.05, 0) is 12.1 Å². The van der Waals surface area contributed by atoms with Crippen LogP contribution in [0.5, 0.6) is 0 Å². The molecule has 2 aromatic heterocycles. The van der Waals surface area contributed by atoms with Crippen molar-refractivity contribution < 1.29 is 23.9 Å². The lowest BCUT2D eigenvalue weighted by atomic mass is 10.1. The Morgan fingerprint density at radius 2 is 1.85 bits per heavy atom. The van der Waals surface area contributed by atoms with Crippen molar-refractivity contribution in [2.24, 2.45) is 0 Å². The molecule has 3 atom stereocenters. The van der Waals surface area contributed by atoms with Gasteiger partial charge in [0, 0.05) is 27.4 Å². The van der Waals surface area contributed by atoms with Gasteiger partial charge < -0.3 is 14.4 Å². The van der Waals surface area contributed by atoms with Gasteiger partial charge in [-0.25, -0.2) is 15.0 Å². The van der Waals surface area contributed by atoms with Crippen LogP contribution in [0.15, 0.2) is 36.9 Å². The fraction of sp³-hybridized carbons (Fsp3) is 0.364. The molecule has 4 heterocycles. The summed E-state index contributed by atoms with van der Waals surface area (Å²) in [4.78, 5) is 53.8. The number of esters is 1. The molecular weight excluding hydrogens is 428 g/mol. The first kappa shape index (κ1) is 21.0. The lowest BCUT2D eigenvalue weighted by molar-refractivity contribution is -0.146. The molecule has 2 aliphatic heterocycles. The van der Waals surface area contributed by atoms with Crippen molar-refractivity contribution >= 4 is 34.8 Å². The van der Waals surface area contributed by atoms with Crippen molar-refractivity contribution in [3.8, 4) is 0 Å². The summed E-state index contributed by atoms with van der Waals surface area (Å²) in [7, 11) is 3.72. The van der Waals surface area contributed by atoms with E-state index in [1.54, 1.807) is 35.2 Å². The third-order valence-corrected chi connectivity index (χ3v) is 5.89. The fourth-order valence-electron chi connectivity index (χ4n) is 4.39. The van der Waals surface area contributed by atoms with Crippen LogP contribution in [0.4, 0.5) is 5.82 Å². The predicted octanol–water partition coefficient (Wildman–Crippen LogP) is 1.41. The lowest BCUT2D eigenvalue weighted by Crippen LogP contribution is -2.46. The standard InChI is InChI=1S/C22H22N6O5/c1-12(29)32-9-16-15(28-21(30)13-6-4-5-7-14(13)22(28)31)8-17(33-16)27-11-25-18-19(26(2)3)23-10-24-20(18)27/h4-7,10-11,15-17H,8-9H2,1-3H3/t15-,16+,17+/m0/s1. The Labute approximate surface area is 188 Å². The van der Waals surface area contributed by atoms with Crippen molar-refractivity contribution in [2.75, 3.05) is 25.6 Å². The van der Waals surface area contributed by atoms with Crippen LogP contribution in [-0.2, 0) is 14.3 Å². The lowest BCUT2D eigenvalue weighted by Gasteiger charge is -2.25. The maximum absolute atomic E-state index is 13.1. The van der Waals surface area contributed by atoms with Gasteiger partial charge >= 0.3 is 5.97 Å². The maximum atomic E-state index is 13.1. The van der Waals surface area contributed by atoms with Gasteiger partial charge in [-0.2, -0.15) is 0 Å². The fourth-order valence-corrected chi connectivity index (χ4v) is 4.39. The number of carbonyl (C=O) groups is 3. The highest BCUT2D eigenvalue weighted by molar-refractivity contribution is 6.21. The Kier molecular flexibility index (Phi) is 5.05. The molecule has 2 aliphatic rings. The van der Waals surface area contributed by atoms with E-state index in [0.29, 0.717) is 34.5 Å². The molecule has 11 nitrogen and oxygen atoms in total. The number of imidazole rings is 1. The molecule has 0 unspecified atom stereocenters. The quantitative estimate of drug-likeness (QED) is 0.420. The molecule has 0 bridgehead atoms. The molecule has 3 aromatic rings. The van der Waals surface area contributed by atoms with Crippen molar-refractivity contribution in [2.45, 2.75) is 31.7 Å². The number of ether oxygens (including phenoxy) is 2. The van der Waals surface area contributed by atoms with Crippen molar-refractivity contribution in [3.05, 3.63) is 48.0 Å². The molecule has 0 aliphatic carbocycles. The van der Waals surface area contributed by atoms with Crippen LogP contribution in [0, 0.1) is 0 Å². The second kappa shape index (κ2) is 7.93. The first-order valence-electron chi connectivity index (χ1n) is 10.5. The van der Waals surface area contributed by atoms with E-state index >= 15 is 0 Å². The van der Waals surface area contributed by atoms with E-state index in [1.807, 2.05) is 19.0 Å². The summed E-state index contributed by atoms with van der Waals surface area (Å²) in [6.45, 7) is 1.21. The minimum atomic E-state index is -0.700. The highest BCUT2D eigenvalue weighted by Gasteiger charge is 2.48. The number of aromatic nitrogens is 4. The average Bonchev–Trinajstić information content (AvgIpc) is 3.47. The molecule has 0 spiro atoms. The summed E-state index contributed by atoms with van der Waals surface area (Å²) in [6, 6.07) is 6.07. The van der Waals surface area contributed by atoms with Gasteiger partial charge in [0.1, 0.15) is 25.3 Å². The summed E-state index contributed by atoms with van der Waals surface area (Å²) in [5, 5.41) is 0. The number of hydrogen-bond donors (Lipinski definition) is 0. The third kappa shape index (κ3) is 3.41. The van der Waals surface area contributed by atoms with Crippen molar-refractivity contribution in [1.29, 1.82) is 0 Å². The number of rotatable bonds is 5. The van der Waals surface area contributed by atoms with Gasteiger partial charge in [0.25, 0.3) is 11.8 Å². The first-order valence-corrected chi connectivity index (χ1v) is 10.5. The minimum Gasteiger partial charge on any atom is -0.463 e. The zero-order valence-corrected chi connectivity index (χ0v) is 18.3. The Balaban J connectivity index is 1.50. The molecule has 0 saturated carbocycles. The van der Waals surface area contributed by atoms with Gasteiger partial charge in [0.2, 0.25) is 0 Å². The second-order valence-corrected chi connectivity index (χ2v) is 8.18. The first-order chi connectivity index (χ1) is 15.9. The van der Waals surface area contributed by atoms with E-state index in [0.717, 1.165) is 0 Å². The largest absolute Gasteiger partial charge is 0.463 e. The van der Waals surface area contributed by atoms with Crippen LogP contribution in [0.25, 0.3) is 11.2 Å². The number of imide groups is 1. The van der Waals surface area contributed by atoms with Crippen LogP contribution in [0.2, 0.25) is 0 Å². The van der Waals surface area contributed by atoms with Gasteiger partial charge in [-0.15, -0.1) is 0 Å². The summed E-state index contributed by atoms with van der Waals surface area (Å²) < 4.78 is 13.2. The van der Waals surface area contributed by atoms with Gasteiger partial charge in [0.15, 0.2) is 17.0 Å². The number of benzene rings is 1. The maximum Gasteiger partial charge on any atom is 0.302 e. The smallest absolute Gasteiger partial charge is 0.302 e. The molecule has 1 fully saturated rings. The summed E-state index contributed by atoms with van der Waals surface area (Å²) in [6.07, 6.45) is 2.07. The SMILES string of the molecule is CC(=O)OC[C@H]1O[C@@H](n2cnc3c(N(C)C)ncnc32)C[C@@H]1N1C(=O)c2ccccc2C1=O. The van der Waals surface area contributed by atoms with E-state index in [9.17, 15) is 14.4 Å². The zero-order valence-electron chi connectivity index (χ0n) is 18.3. The molecule has 170 valence electrons. The molecular formula is C22H22N6O5. The van der Waals surface area contributed by atoms with E-state index in [4.69, 9.17) is 9.47 Å². The highest BCUT2D eigenvalue weighted by Crippen LogP contribution is 2.38. The monoisotopic (exact) mass is 450 g/mol. The molecule has 1 saturated heterocycles. The number of anilines is 1. The van der Waals surface area contributed by atoms with Crippen LogP contribution in [0.1, 0.15) is 40.3 Å². The van der Waals surface area contributed by atoms with E-state index in [1.165, 1.54) is 18.2 Å². The molecule has 0 N–H and O–H groups in total.